The SMILES string of the molecule is Cc1cccnc1CC1(C(=O)O)CCCN1. The number of pyridine rings is 1. The molecular formula is C12H16N2O2. The Morgan fingerprint density at radius 3 is 3.06 bits per heavy atom. The first-order valence-corrected chi connectivity index (χ1v) is 5.53. The van der Waals surface area contributed by atoms with Gasteiger partial charge in [0, 0.05) is 18.3 Å². The van der Waals surface area contributed by atoms with Crippen molar-refractivity contribution in [2.24, 2.45) is 0 Å². The lowest BCUT2D eigenvalue weighted by molar-refractivity contribution is -0.144. The Hall–Kier alpha value is -1.42. The van der Waals surface area contributed by atoms with Crippen LogP contribution in [0.5, 0.6) is 0 Å². The van der Waals surface area contributed by atoms with Gasteiger partial charge >= 0.3 is 5.97 Å². The van der Waals surface area contributed by atoms with Gasteiger partial charge in [0.1, 0.15) is 5.54 Å². The van der Waals surface area contributed by atoms with Crippen molar-refractivity contribution in [2.75, 3.05) is 6.54 Å². The van der Waals surface area contributed by atoms with E-state index in [4.69, 9.17) is 0 Å². The lowest BCUT2D eigenvalue weighted by Gasteiger charge is -2.24. The summed E-state index contributed by atoms with van der Waals surface area (Å²) < 4.78 is 0. The summed E-state index contributed by atoms with van der Waals surface area (Å²) in [5.74, 6) is -0.768. The van der Waals surface area contributed by atoms with Crippen LogP contribution in [0.2, 0.25) is 0 Å². The Bertz CT molecular complexity index is 398. The molecule has 0 radical (unpaired) electrons. The quantitative estimate of drug-likeness (QED) is 0.801. The maximum Gasteiger partial charge on any atom is 0.324 e. The highest BCUT2D eigenvalue weighted by atomic mass is 16.4. The molecule has 1 aromatic rings. The van der Waals surface area contributed by atoms with E-state index in [1.165, 1.54) is 0 Å². The number of nitrogens with zero attached hydrogens (tertiary/aromatic N) is 1. The minimum atomic E-state index is -0.806. The smallest absolute Gasteiger partial charge is 0.324 e. The molecule has 0 aromatic carbocycles. The predicted molar refractivity (Wildman–Crippen MR) is 60.3 cm³/mol. The maximum absolute atomic E-state index is 11.3. The minimum absolute atomic E-state index is 0.467. The lowest BCUT2D eigenvalue weighted by Crippen LogP contribution is -2.49. The fraction of sp³-hybridized carbons (Fsp3) is 0.500. The van der Waals surface area contributed by atoms with Crippen LogP contribution in [-0.4, -0.2) is 28.1 Å². The molecule has 0 amide bonds. The molecule has 16 heavy (non-hydrogen) atoms. The van der Waals surface area contributed by atoms with Crippen LogP contribution in [0, 0.1) is 6.92 Å². The highest BCUT2D eigenvalue weighted by Crippen LogP contribution is 2.24. The zero-order valence-electron chi connectivity index (χ0n) is 9.36. The molecule has 2 heterocycles. The molecule has 86 valence electrons. The van der Waals surface area contributed by atoms with Crippen LogP contribution < -0.4 is 5.32 Å². The first-order valence-electron chi connectivity index (χ1n) is 5.53. The van der Waals surface area contributed by atoms with Crippen molar-refractivity contribution in [1.29, 1.82) is 0 Å². The Labute approximate surface area is 94.7 Å². The average Bonchev–Trinajstić information content (AvgIpc) is 2.71. The molecule has 0 saturated carbocycles. The Morgan fingerprint density at radius 2 is 2.50 bits per heavy atom. The molecule has 1 aromatic heterocycles. The molecule has 4 nitrogen and oxygen atoms in total. The van der Waals surface area contributed by atoms with Crippen molar-refractivity contribution >= 4 is 5.97 Å². The standard InChI is InChI=1S/C12H16N2O2/c1-9-4-2-6-13-10(9)8-12(11(15)16)5-3-7-14-12/h2,4,6,14H,3,5,7-8H2,1H3,(H,15,16). The number of aliphatic carboxylic acids is 1. The summed E-state index contributed by atoms with van der Waals surface area (Å²) in [6, 6.07) is 3.83. The van der Waals surface area contributed by atoms with Gasteiger partial charge in [0.2, 0.25) is 0 Å². The van der Waals surface area contributed by atoms with Crippen molar-refractivity contribution in [3.63, 3.8) is 0 Å². The number of rotatable bonds is 3. The largest absolute Gasteiger partial charge is 0.480 e. The summed E-state index contributed by atoms with van der Waals surface area (Å²) in [6.07, 6.45) is 3.78. The van der Waals surface area contributed by atoms with Crippen molar-refractivity contribution in [3.8, 4) is 0 Å². The molecule has 1 aliphatic rings. The number of hydrogen-bond donors (Lipinski definition) is 2. The molecule has 0 bridgehead atoms. The van der Waals surface area contributed by atoms with E-state index in [1.54, 1.807) is 6.20 Å². The van der Waals surface area contributed by atoms with Crippen LogP contribution in [0.4, 0.5) is 0 Å². The molecule has 1 fully saturated rings. The Balaban J connectivity index is 2.25. The van der Waals surface area contributed by atoms with Crippen LogP contribution in [0.1, 0.15) is 24.1 Å². The van der Waals surface area contributed by atoms with Crippen LogP contribution in [0.25, 0.3) is 0 Å². The fourth-order valence-corrected chi connectivity index (χ4v) is 2.20. The number of carboxylic acids is 1. The van der Waals surface area contributed by atoms with Crippen LogP contribution in [0.3, 0.4) is 0 Å². The van der Waals surface area contributed by atoms with Gasteiger partial charge < -0.3 is 10.4 Å². The molecule has 1 unspecified atom stereocenters. The second-order valence-corrected chi connectivity index (χ2v) is 4.36. The summed E-state index contributed by atoms with van der Waals surface area (Å²) in [5, 5.41) is 12.4. The lowest BCUT2D eigenvalue weighted by atomic mass is 9.90. The van der Waals surface area contributed by atoms with Gasteiger partial charge in [0.05, 0.1) is 0 Å². The number of aromatic nitrogens is 1. The summed E-state index contributed by atoms with van der Waals surface area (Å²) in [6.45, 7) is 2.74. The van der Waals surface area contributed by atoms with Crippen LogP contribution in [0.15, 0.2) is 18.3 Å². The fourth-order valence-electron chi connectivity index (χ4n) is 2.20. The van der Waals surface area contributed by atoms with Crippen molar-refractivity contribution in [3.05, 3.63) is 29.6 Å². The molecule has 2 rings (SSSR count). The Morgan fingerprint density at radius 1 is 1.69 bits per heavy atom. The van der Waals surface area contributed by atoms with Gasteiger partial charge in [-0.2, -0.15) is 0 Å². The molecule has 2 N–H and O–H groups in total. The molecule has 1 aliphatic heterocycles. The first kappa shape index (κ1) is 11.1. The van der Waals surface area contributed by atoms with Crippen molar-refractivity contribution in [2.45, 2.75) is 31.7 Å². The normalized spacial score (nSPS) is 24.6. The number of aryl methyl sites for hydroxylation is 1. The summed E-state index contributed by atoms with van der Waals surface area (Å²) in [4.78, 5) is 15.6. The number of hydrogen-bond acceptors (Lipinski definition) is 3. The van der Waals surface area contributed by atoms with Gasteiger partial charge in [0.15, 0.2) is 0 Å². The minimum Gasteiger partial charge on any atom is -0.480 e. The van der Waals surface area contributed by atoms with E-state index in [-0.39, 0.29) is 0 Å². The highest BCUT2D eigenvalue weighted by molar-refractivity contribution is 5.79. The van der Waals surface area contributed by atoms with E-state index < -0.39 is 11.5 Å². The van der Waals surface area contributed by atoms with Gasteiger partial charge in [-0.15, -0.1) is 0 Å². The van der Waals surface area contributed by atoms with Gasteiger partial charge in [-0.05, 0) is 37.9 Å². The predicted octanol–water partition coefficient (Wildman–Crippen LogP) is 1.14. The third kappa shape index (κ3) is 1.93. The van der Waals surface area contributed by atoms with Gasteiger partial charge in [0.25, 0.3) is 0 Å². The molecule has 0 aliphatic carbocycles. The maximum atomic E-state index is 11.3. The molecule has 0 spiro atoms. The van der Waals surface area contributed by atoms with E-state index >= 15 is 0 Å². The first-order chi connectivity index (χ1) is 7.64. The van der Waals surface area contributed by atoms with E-state index in [9.17, 15) is 9.90 Å². The molecule has 4 heteroatoms. The number of carboxylic acid groups (broad SMARTS) is 1. The third-order valence-corrected chi connectivity index (χ3v) is 3.24. The molecule has 1 saturated heterocycles. The summed E-state index contributed by atoms with van der Waals surface area (Å²) in [7, 11) is 0. The van der Waals surface area contributed by atoms with Crippen molar-refractivity contribution < 1.29 is 9.90 Å². The van der Waals surface area contributed by atoms with E-state index in [0.717, 1.165) is 24.2 Å². The van der Waals surface area contributed by atoms with E-state index in [2.05, 4.69) is 10.3 Å². The van der Waals surface area contributed by atoms with Crippen LogP contribution >= 0.6 is 0 Å². The van der Waals surface area contributed by atoms with Gasteiger partial charge in [-0.3, -0.25) is 9.78 Å². The van der Waals surface area contributed by atoms with Gasteiger partial charge in [-0.25, -0.2) is 0 Å². The zero-order chi connectivity index (χ0) is 11.6. The zero-order valence-corrected chi connectivity index (χ0v) is 9.36. The Kier molecular flexibility index (Phi) is 2.92. The van der Waals surface area contributed by atoms with Gasteiger partial charge in [-0.1, -0.05) is 6.07 Å². The topological polar surface area (TPSA) is 62.2 Å². The average molecular weight is 220 g/mol. The van der Waals surface area contributed by atoms with E-state index in [0.29, 0.717) is 12.8 Å². The van der Waals surface area contributed by atoms with Crippen LogP contribution in [-0.2, 0) is 11.2 Å². The number of nitrogens with one attached hydrogen (secondary N) is 1. The second-order valence-electron chi connectivity index (χ2n) is 4.36. The summed E-state index contributed by atoms with van der Waals surface area (Å²) >= 11 is 0. The third-order valence-electron chi connectivity index (χ3n) is 3.24. The van der Waals surface area contributed by atoms with Crippen molar-refractivity contribution in [1.82, 2.24) is 10.3 Å². The highest BCUT2D eigenvalue weighted by Gasteiger charge is 2.41. The van der Waals surface area contributed by atoms with E-state index in [1.807, 2.05) is 19.1 Å². The summed E-state index contributed by atoms with van der Waals surface area (Å²) in [5.41, 5.74) is 1.12. The molecular weight excluding hydrogens is 204 g/mol. The number of carbonyl (C=O) groups is 1. The molecule has 1 atom stereocenters. The second kappa shape index (κ2) is 4.22. The monoisotopic (exact) mass is 220 g/mol.